The Kier molecular flexibility index (Phi) is 13.4. The lowest BCUT2D eigenvalue weighted by atomic mass is 10.1. The van der Waals surface area contributed by atoms with Gasteiger partial charge in [0, 0.05) is 0 Å². The number of benzene rings is 1. The van der Waals surface area contributed by atoms with Crippen molar-refractivity contribution in [3.05, 3.63) is 29.3 Å². The molecule has 0 heterocycles. The fourth-order valence-corrected chi connectivity index (χ4v) is 1.38. The Balaban J connectivity index is 0. The van der Waals surface area contributed by atoms with Crippen LogP contribution < -0.4 is 4.74 Å². The minimum atomic E-state index is 0.981. The van der Waals surface area contributed by atoms with Crippen molar-refractivity contribution >= 4 is 0 Å². The van der Waals surface area contributed by atoms with E-state index in [9.17, 15) is 0 Å². The number of rotatable bonds is 3. The summed E-state index contributed by atoms with van der Waals surface area (Å²) in [5.41, 5.74) is 2.62. The summed E-state index contributed by atoms with van der Waals surface area (Å²) in [5.74, 6) is 3.23. The highest BCUT2D eigenvalue weighted by atomic mass is 16.5. The van der Waals surface area contributed by atoms with Crippen molar-refractivity contribution in [3.8, 4) is 18.1 Å². The second kappa shape index (κ2) is 12.6. The summed E-state index contributed by atoms with van der Waals surface area (Å²) in [7, 11) is 1.71. The van der Waals surface area contributed by atoms with E-state index >= 15 is 0 Å². The van der Waals surface area contributed by atoms with Crippen LogP contribution in [0.5, 0.6) is 5.75 Å². The highest BCUT2D eigenvalue weighted by molar-refractivity contribution is 5.36. The molecule has 17 heavy (non-hydrogen) atoms. The summed E-state index contributed by atoms with van der Waals surface area (Å²) in [6.07, 6.45) is 6.95. The standard InChI is InChI=1S/C11H16O.C3H4.C2H6/c1-4-5-10-6-7-11(12-3)9(2)8-10;1-3-2;1-2/h6-8H,4-5H2,1-3H3;1H,2H3;1-2H3. The van der Waals surface area contributed by atoms with Gasteiger partial charge < -0.3 is 4.74 Å². The van der Waals surface area contributed by atoms with Crippen molar-refractivity contribution in [2.75, 3.05) is 7.11 Å². The van der Waals surface area contributed by atoms with Crippen molar-refractivity contribution in [1.82, 2.24) is 0 Å². The third-order valence-electron chi connectivity index (χ3n) is 2.00. The Morgan fingerprint density at radius 1 is 1.29 bits per heavy atom. The molecule has 0 saturated heterocycles. The van der Waals surface area contributed by atoms with Crippen molar-refractivity contribution in [1.29, 1.82) is 0 Å². The highest BCUT2D eigenvalue weighted by Gasteiger charge is 1.98. The van der Waals surface area contributed by atoms with Crippen molar-refractivity contribution < 1.29 is 4.74 Å². The van der Waals surface area contributed by atoms with Gasteiger partial charge in [0.05, 0.1) is 7.11 Å². The molecule has 0 aliphatic heterocycles. The van der Waals surface area contributed by atoms with E-state index in [4.69, 9.17) is 4.74 Å². The molecule has 0 atom stereocenters. The van der Waals surface area contributed by atoms with E-state index in [2.05, 4.69) is 38.3 Å². The lowest BCUT2D eigenvalue weighted by molar-refractivity contribution is 0.411. The SMILES string of the molecule is C#CC.CC.CCCc1ccc(OC)c(C)c1. The Bertz CT molecular complexity index is 321. The number of aryl methyl sites for hydroxylation is 2. The largest absolute Gasteiger partial charge is 0.496 e. The third kappa shape index (κ3) is 8.39. The molecule has 0 N–H and O–H groups in total. The third-order valence-corrected chi connectivity index (χ3v) is 2.00. The summed E-state index contributed by atoms with van der Waals surface area (Å²) in [4.78, 5) is 0. The van der Waals surface area contributed by atoms with Gasteiger partial charge in [-0.15, -0.1) is 12.3 Å². The number of methoxy groups -OCH3 is 1. The highest BCUT2D eigenvalue weighted by Crippen LogP contribution is 2.18. The van der Waals surface area contributed by atoms with Crippen LogP contribution in [0, 0.1) is 19.3 Å². The van der Waals surface area contributed by atoms with Crippen molar-refractivity contribution in [2.45, 2.75) is 47.5 Å². The summed E-state index contributed by atoms with van der Waals surface area (Å²) in [6, 6.07) is 6.37. The minimum absolute atomic E-state index is 0.981. The molecule has 1 aromatic carbocycles. The van der Waals surface area contributed by atoms with Gasteiger partial charge in [0.25, 0.3) is 0 Å². The second-order valence-corrected chi connectivity index (χ2v) is 3.34. The molecule has 0 aliphatic carbocycles. The average molecular weight is 234 g/mol. The van der Waals surface area contributed by atoms with E-state index < -0.39 is 0 Å². The lowest BCUT2D eigenvalue weighted by Gasteiger charge is -2.05. The molecule has 1 heteroatoms. The smallest absolute Gasteiger partial charge is 0.121 e. The van der Waals surface area contributed by atoms with E-state index in [1.54, 1.807) is 14.0 Å². The first-order valence-electron chi connectivity index (χ1n) is 6.20. The first-order chi connectivity index (χ1) is 8.19. The minimum Gasteiger partial charge on any atom is -0.496 e. The van der Waals surface area contributed by atoms with Gasteiger partial charge in [-0.1, -0.05) is 39.3 Å². The molecule has 1 rings (SSSR count). The zero-order valence-corrected chi connectivity index (χ0v) is 12.1. The molecular weight excluding hydrogens is 208 g/mol. The molecule has 0 aliphatic rings. The first kappa shape index (κ1) is 18.0. The molecule has 0 saturated carbocycles. The van der Waals surface area contributed by atoms with Crippen molar-refractivity contribution in [3.63, 3.8) is 0 Å². The van der Waals surface area contributed by atoms with E-state index in [0.717, 1.165) is 12.2 Å². The fourth-order valence-electron chi connectivity index (χ4n) is 1.38. The van der Waals surface area contributed by atoms with Crippen LogP contribution >= 0.6 is 0 Å². The molecule has 0 unspecified atom stereocenters. The maximum atomic E-state index is 5.18. The number of ether oxygens (including phenoxy) is 1. The van der Waals surface area contributed by atoms with Crippen molar-refractivity contribution in [2.24, 2.45) is 0 Å². The monoisotopic (exact) mass is 234 g/mol. The number of hydrogen-bond acceptors (Lipinski definition) is 1. The summed E-state index contributed by atoms with van der Waals surface area (Å²) >= 11 is 0. The fraction of sp³-hybridized carbons (Fsp3) is 0.500. The molecule has 0 spiro atoms. The predicted molar refractivity (Wildman–Crippen MR) is 77.6 cm³/mol. The lowest BCUT2D eigenvalue weighted by Crippen LogP contribution is -1.89. The zero-order chi connectivity index (χ0) is 13.7. The van der Waals surface area contributed by atoms with Crippen LogP contribution in [0.25, 0.3) is 0 Å². The first-order valence-corrected chi connectivity index (χ1v) is 6.20. The van der Waals surface area contributed by atoms with Gasteiger partial charge in [-0.2, -0.15) is 0 Å². The summed E-state index contributed by atoms with van der Waals surface area (Å²) < 4.78 is 5.18. The Morgan fingerprint density at radius 2 is 1.82 bits per heavy atom. The summed E-state index contributed by atoms with van der Waals surface area (Å²) in [6.45, 7) is 9.93. The maximum absolute atomic E-state index is 5.18. The van der Waals surface area contributed by atoms with Crippen LogP contribution in [0.4, 0.5) is 0 Å². The molecule has 0 amide bonds. The maximum Gasteiger partial charge on any atom is 0.121 e. The van der Waals surface area contributed by atoms with Gasteiger partial charge in [-0.25, -0.2) is 0 Å². The second-order valence-electron chi connectivity index (χ2n) is 3.34. The van der Waals surface area contributed by atoms with E-state index in [1.165, 1.54) is 17.5 Å². The molecule has 0 bridgehead atoms. The van der Waals surface area contributed by atoms with E-state index in [1.807, 2.05) is 19.9 Å². The predicted octanol–water partition coefficient (Wildman–Crippen LogP) is 4.62. The van der Waals surface area contributed by atoms with Crippen LogP contribution in [0.2, 0.25) is 0 Å². The molecule has 1 aromatic rings. The van der Waals surface area contributed by atoms with Gasteiger partial charge in [0.2, 0.25) is 0 Å². The van der Waals surface area contributed by atoms with Crippen LogP contribution in [0.15, 0.2) is 18.2 Å². The van der Waals surface area contributed by atoms with Crippen LogP contribution in [-0.2, 0) is 6.42 Å². The quantitative estimate of drug-likeness (QED) is 0.693. The molecule has 0 aromatic heterocycles. The molecule has 96 valence electrons. The Morgan fingerprint density at radius 3 is 2.18 bits per heavy atom. The topological polar surface area (TPSA) is 9.23 Å². The Hall–Kier alpha value is -1.42. The molecular formula is C16H26O. The number of hydrogen-bond donors (Lipinski definition) is 0. The van der Waals surface area contributed by atoms with Crippen LogP contribution in [0.3, 0.4) is 0 Å². The van der Waals surface area contributed by atoms with Crippen LogP contribution in [-0.4, -0.2) is 7.11 Å². The van der Waals surface area contributed by atoms with Crippen LogP contribution in [0.1, 0.15) is 45.2 Å². The van der Waals surface area contributed by atoms with Gasteiger partial charge in [-0.3, -0.25) is 0 Å². The van der Waals surface area contributed by atoms with E-state index in [0.29, 0.717) is 0 Å². The normalized spacial score (nSPS) is 7.82. The van der Waals surface area contributed by atoms with Gasteiger partial charge in [-0.05, 0) is 37.5 Å². The van der Waals surface area contributed by atoms with Gasteiger partial charge in [0.15, 0.2) is 0 Å². The van der Waals surface area contributed by atoms with E-state index in [-0.39, 0.29) is 0 Å². The van der Waals surface area contributed by atoms with Gasteiger partial charge in [0.1, 0.15) is 5.75 Å². The summed E-state index contributed by atoms with van der Waals surface area (Å²) in [5, 5.41) is 0. The zero-order valence-electron chi connectivity index (χ0n) is 12.1. The molecule has 0 radical (unpaired) electrons. The molecule has 1 nitrogen and oxygen atoms in total. The van der Waals surface area contributed by atoms with Gasteiger partial charge >= 0.3 is 0 Å². The molecule has 0 fully saturated rings. The Labute approximate surface area is 107 Å². The number of terminal acetylenes is 1. The average Bonchev–Trinajstić information content (AvgIpc) is 2.33.